The average molecular weight is 367 g/mol. The van der Waals surface area contributed by atoms with Crippen LogP contribution in [0.1, 0.15) is 34.3 Å². The standard InChI is InChI=1S/C20H21N3O4/c1-22-19(21)12-2-4-13(5-3-12)20(26)23-15-7-9-17-14(10-15)6-8-16(27-17)11-18(24)25/h2-5,7,9-10,16H,6,8,11H2,1H3,(H2,21,22)(H,23,26)(H,24,25). The quantitative estimate of drug-likeness (QED) is 0.479. The maximum atomic E-state index is 12.4. The van der Waals surface area contributed by atoms with E-state index >= 15 is 0 Å². The van der Waals surface area contributed by atoms with Gasteiger partial charge in [-0.15, -0.1) is 0 Å². The van der Waals surface area contributed by atoms with E-state index in [2.05, 4.69) is 10.6 Å². The largest absolute Gasteiger partial charge is 0.490 e. The molecule has 3 rings (SSSR count). The van der Waals surface area contributed by atoms with Crippen LogP contribution in [0.3, 0.4) is 0 Å². The number of aliphatic carboxylic acids is 1. The molecule has 0 radical (unpaired) electrons. The summed E-state index contributed by atoms with van der Waals surface area (Å²) in [7, 11) is 1.67. The molecule has 1 unspecified atom stereocenters. The zero-order valence-corrected chi connectivity index (χ0v) is 14.9. The number of amidine groups is 1. The van der Waals surface area contributed by atoms with Crippen LogP contribution in [-0.4, -0.2) is 36.0 Å². The molecule has 2 aromatic carbocycles. The molecule has 0 saturated heterocycles. The Kier molecular flexibility index (Phi) is 5.40. The highest BCUT2D eigenvalue weighted by atomic mass is 16.5. The molecule has 2 aromatic rings. The van der Waals surface area contributed by atoms with E-state index in [9.17, 15) is 9.59 Å². The minimum absolute atomic E-state index is 0.0149. The van der Waals surface area contributed by atoms with Crippen molar-refractivity contribution in [3.8, 4) is 5.75 Å². The average Bonchev–Trinajstić information content (AvgIpc) is 2.67. The fourth-order valence-corrected chi connectivity index (χ4v) is 3.00. The molecule has 0 aliphatic carbocycles. The number of fused-ring (bicyclic) bond motifs is 1. The summed E-state index contributed by atoms with van der Waals surface area (Å²) in [5, 5.41) is 22.2. The fraction of sp³-hybridized carbons (Fsp3) is 0.250. The van der Waals surface area contributed by atoms with Crippen molar-refractivity contribution in [2.24, 2.45) is 0 Å². The van der Waals surface area contributed by atoms with Gasteiger partial charge < -0.3 is 20.5 Å². The van der Waals surface area contributed by atoms with Crippen LogP contribution in [0.5, 0.6) is 5.75 Å². The number of carbonyl (C=O) groups excluding carboxylic acids is 1. The number of rotatable bonds is 5. The van der Waals surface area contributed by atoms with Gasteiger partial charge in [-0.2, -0.15) is 0 Å². The topological polar surface area (TPSA) is 112 Å². The monoisotopic (exact) mass is 367 g/mol. The lowest BCUT2D eigenvalue weighted by atomic mass is 10.00. The molecule has 7 nitrogen and oxygen atoms in total. The molecule has 1 aliphatic rings. The van der Waals surface area contributed by atoms with E-state index in [1.807, 2.05) is 6.07 Å². The molecular weight excluding hydrogens is 346 g/mol. The van der Waals surface area contributed by atoms with Gasteiger partial charge in [-0.25, -0.2) is 0 Å². The van der Waals surface area contributed by atoms with Crippen molar-refractivity contribution in [3.05, 3.63) is 59.2 Å². The molecule has 0 bridgehead atoms. The fourth-order valence-electron chi connectivity index (χ4n) is 3.00. The highest BCUT2D eigenvalue weighted by Gasteiger charge is 2.22. The maximum absolute atomic E-state index is 12.4. The number of benzene rings is 2. The van der Waals surface area contributed by atoms with Crippen molar-refractivity contribution in [1.82, 2.24) is 5.32 Å². The van der Waals surface area contributed by atoms with Crippen LogP contribution in [0.2, 0.25) is 0 Å². The summed E-state index contributed by atoms with van der Waals surface area (Å²) < 4.78 is 5.71. The van der Waals surface area contributed by atoms with Crippen LogP contribution >= 0.6 is 0 Å². The van der Waals surface area contributed by atoms with Gasteiger partial charge >= 0.3 is 5.97 Å². The first kappa shape index (κ1) is 18.4. The number of carboxylic acids is 1. The molecule has 140 valence electrons. The van der Waals surface area contributed by atoms with Gasteiger partial charge in [-0.1, -0.05) is 12.1 Å². The molecule has 1 aliphatic heterocycles. The second-order valence-corrected chi connectivity index (χ2v) is 6.36. The molecular formula is C20H21N3O4. The van der Waals surface area contributed by atoms with Gasteiger partial charge in [-0.05, 0) is 48.7 Å². The third kappa shape index (κ3) is 4.44. The Hall–Kier alpha value is -3.35. The predicted molar refractivity (Wildman–Crippen MR) is 102 cm³/mol. The van der Waals surface area contributed by atoms with Crippen LogP contribution in [0.15, 0.2) is 42.5 Å². The van der Waals surface area contributed by atoms with E-state index in [1.54, 1.807) is 43.4 Å². The summed E-state index contributed by atoms with van der Waals surface area (Å²) in [6.07, 6.45) is 1.01. The molecule has 4 N–H and O–H groups in total. The van der Waals surface area contributed by atoms with E-state index in [0.29, 0.717) is 35.4 Å². The van der Waals surface area contributed by atoms with E-state index in [0.717, 1.165) is 5.56 Å². The summed E-state index contributed by atoms with van der Waals surface area (Å²) in [5.41, 5.74) is 2.81. The summed E-state index contributed by atoms with van der Waals surface area (Å²) >= 11 is 0. The number of anilines is 1. The minimum Gasteiger partial charge on any atom is -0.490 e. The van der Waals surface area contributed by atoms with Gasteiger partial charge in [0.15, 0.2) is 0 Å². The molecule has 0 fully saturated rings. The Morgan fingerprint density at radius 3 is 2.56 bits per heavy atom. The number of ether oxygens (including phenoxy) is 1. The highest BCUT2D eigenvalue weighted by Crippen LogP contribution is 2.31. The third-order valence-corrected chi connectivity index (χ3v) is 4.44. The van der Waals surface area contributed by atoms with Crippen LogP contribution in [-0.2, 0) is 11.2 Å². The molecule has 7 heteroatoms. The zero-order valence-electron chi connectivity index (χ0n) is 14.9. The van der Waals surface area contributed by atoms with Crippen molar-refractivity contribution in [2.45, 2.75) is 25.4 Å². The summed E-state index contributed by atoms with van der Waals surface area (Å²) in [6.45, 7) is 0. The Morgan fingerprint density at radius 2 is 1.89 bits per heavy atom. The number of hydrogen-bond acceptors (Lipinski definition) is 4. The second kappa shape index (κ2) is 7.90. The van der Waals surface area contributed by atoms with Gasteiger partial charge in [0, 0.05) is 23.9 Å². The maximum Gasteiger partial charge on any atom is 0.307 e. The van der Waals surface area contributed by atoms with Crippen molar-refractivity contribution in [1.29, 1.82) is 5.41 Å². The molecule has 0 spiro atoms. The molecule has 0 saturated carbocycles. The van der Waals surface area contributed by atoms with Crippen LogP contribution < -0.4 is 15.4 Å². The summed E-state index contributed by atoms with van der Waals surface area (Å²) in [4.78, 5) is 23.3. The van der Waals surface area contributed by atoms with Gasteiger partial charge in [0.2, 0.25) is 0 Å². The van der Waals surface area contributed by atoms with E-state index in [-0.39, 0.29) is 24.3 Å². The molecule has 1 atom stereocenters. The number of carboxylic acid groups (broad SMARTS) is 1. The first-order chi connectivity index (χ1) is 13.0. The number of carbonyl (C=O) groups is 2. The van der Waals surface area contributed by atoms with Crippen molar-refractivity contribution in [2.75, 3.05) is 12.4 Å². The third-order valence-electron chi connectivity index (χ3n) is 4.44. The Morgan fingerprint density at radius 1 is 1.19 bits per heavy atom. The number of nitrogens with one attached hydrogen (secondary N) is 3. The number of amides is 1. The van der Waals surface area contributed by atoms with Crippen molar-refractivity contribution < 1.29 is 19.4 Å². The van der Waals surface area contributed by atoms with Crippen LogP contribution in [0.25, 0.3) is 0 Å². The second-order valence-electron chi connectivity index (χ2n) is 6.36. The van der Waals surface area contributed by atoms with Crippen LogP contribution in [0, 0.1) is 5.41 Å². The van der Waals surface area contributed by atoms with E-state index < -0.39 is 5.97 Å². The predicted octanol–water partition coefficient (Wildman–Crippen LogP) is 2.65. The van der Waals surface area contributed by atoms with Gasteiger partial charge in [0.25, 0.3) is 5.91 Å². The van der Waals surface area contributed by atoms with Crippen LogP contribution in [0.4, 0.5) is 5.69 Å². The zero-order chi connectivity index (χ0) is 19.4. The Labute approximate surface area is 156 Å². The highest BCUT2D eigenvalue weighted by molar-refractivity contribution is 6.05. The Bertz CT molecular complexity index is 877. The summed E-state index contributed by atoms with van der Waals surface area (Å²) in [5.74, 6) is -0.153. The minimum atomic E-state index is -0.872. The first-order valence-corrected chi connectivity index (χ1v) is 8.65. The molecule has 1 amide bonds. The normalized spacial score (nSPS) is 15.2. The van der Waals surface area contributed by atoms with Gasteiger partial charge in [-0.3, -0.25) is 15.0 Å². The van der Waals surface area contributed by atoms with Gasteiger partial charge in [0.05, 0.1) is 6.42 Å². The number of aryl methyl sites for hydroxylation is 1. The van der Waals surface area contributed by atoms with E-state index in [4.69, 9.17) is 15.3 Å². The van der Waals surface area contributed by atoms with E-state index in [1.165, 1.54) is 0 Å². The first-order valence-electron chi connectivity index (χ1n) is 8.65. The number of hydrogen-bond donors (Lipinski definition) is 4. The Balaban J connectivity index is 1.67. The van der Waals surface area contributed by atoms with Crippen molar-refractivity contribution >= 4 is 23.4 Å². The molecule has 0 aromatic heterocycles. The molecule has 27 heavy (non-hydrogen) atoms. The SMILES string of the molecule is CNC(=N)c1ccc(C(=O)Nc2ccc3c(c2)CCC(CC(=O)O)O3)cc1. The van der Waals surface area contributed by atoms with Crippen molar-refractivity contribution in [3.63, 3.8) is 0 Å². The van der Waals surface area contributed by atoms with Gasteiger partial charge in [0.1, 0.15) is 17.7 Å². The lowest BCUT2D eigenvalue weighted by molar-refractivity contribution is -0.139. The summed E-state index contributed by atoms with van der Waals surface area (Å²) in [6, 6.07) is 12.1. The smallest absolute Gasteiger partial charge is 0.307 e. The molecule has 1 heterocycles. The lowest BCUT2D eigenvalue weighted by Gasteiger charge is -2.25. The lowest BCUT2D eigenvalue weighted by Crippen LogP contribution is -2.25.